The Bertz CT molecular complexity index is 1650. The second-order valence-corrected chi connectivity index (χ2v) is 15.6. The van der Waals surface area contributed by atoms with Crippen molar-refractivity contribution in [3.05, 3.63) is 35.4 Å². The van der Waals surface area contributed by atoms with Gasteiger partial charge >= 0.3 is 5.97 Å². The molecule has 1 aromatic rings. The third kappa shape index (κ3) is 9.82. The highest BCUT2D eigenvalue weighted by atomic mass is 19.1. The van der Waals surface area contributed by atoms with Crippen LogP contribution in [0.4, 0.5) is 8.78 Å². The molecule has 0 spiro atoms. The van der Waals surface area contributed by atoms with Gasteiger partial charge in [-0.2, -0.15) is 0 Å². The van der Waals surface area contributed by atoms with Crippen molar-refractivity contribution in [2.45, 2.75) is 120 Å². The van der Waals surface area contributed by atoms with Gasteiger partial charge in [-0.1, -0.05) is 32.1 Å². The van der Waals surface area contributed by atoms with Crippen LogP contribution >= 0.6 is 0 Å². The number of carbonyl (C=O) groups is 7. The van der Waals surface area contributed by atoms with E-state index in [9.17, 15) is 42.3 Å². The van der Waals surface area contributed by atoms with Crippen LogP contribution in [0.2, 0.25) is 0 Å². The lowest BCUT2D eigenvalue weighted by atomic mass is 9.86. The minimum absolute atomic E-state index is 0.0621. The lowest BCUT2D eigenvalue weighted by Crippen LogP contribution is -2.63. The summed E-state index contributed by atoms with van der Waals surface area (Å²) in [4.78, 5) is 101. The smallest absolute Gasteiger partial charge is 0.328 e. The summed E-state index contributed by atoms with van der Waals surface area (Å²) in [5.74, 6) is -5.91. The molecule has 6 rings (SSSR count). The van der Waals surface area contributed by atoms with E-state index in [4.69, 9.17) is 9.47 Å². The largest absolute Gasteiger partial charge is 0.461 e. The van der Waals surface area contributed by atoms with Crippen LogP contribution in [0.3, 0.4) is 0 Å². The molecule has 0 bridgehead atoms. The van der Waals surface area contributed by atoms with Gasteiger partial charge in [0.2, 0.25) is 35.4 Å². The zero-order chi connectivity index (χ0) is 39.9. The van der Waals surface area contributed by atoms with E-state index in [0.717, 1.165) is 44.2 Å². The number of ether oxygens (including phenoxy) is 2. The minimum atomic E-state index is -1.55. The Morgan fingerprint density at radius 1 is 0.804 bits per heavy atom. The molecule has 4 aliphatic heterocycles. The van der Waals surface area contributed by atoms with Crippen LogP contribution in [0.1, 0.15) is 83.1 Å². The number of hydrogen-bond donors (Lipinski definition) is 3. The van der Waals surface area contributed by atoms with Crippen molar-refractivity contribution in [1.29, 1.82) is 0 Å². The number of fused-ring (bicyclic) bond motifs is 3. The van der Waals surface area contributed by atoms with Gasteiger partial charge in [0.1, 0.15) is 54.5 Å². The second kappa shape index (κ2) is 18.5. The van der Waals surface area contributed by atoms with Gasteiger partial charge in [0.05, 0.1) is 13.2 Å². The SMILES string of the molecule is C[C@@H]1NC(=O)[C@@H]2COCCN2C(=O)[C@@H]2CCCN2C(=O)[C@@H](NC(=O)C(Cc2cc(F)cc(F)c2)NC(=O)CCC2CCCCC2)COC(=O)[C@@H]2CCCN2C1=O. The summed E-state index contributed by atoms with van der Waals surface area (Å²) in [6, 6.07) is -4.31. The maximum atomic E-state index is 14.4. The Morgan fingerprint density at radius 3 is 2.18 bits per heavy atom. The molecule has 306 valence electrons. The number of halogens is 2. The standard InChI is InChI=1S/C39H52F2N6O9/c1-23-36(51)46-14-6-10-31(46)39(54)56-21-29(37(52)45-13-5-9-30(45)38(53)47-15-16-55-22-32(47)35(50)42-23)44-34(49)28(19-25-17-26(40)20-27(41)18-25)43-33(48)12-11-24-7-3-2-4-8-24/h17-18,20,23-24,28-32H,2-16,19,21-22H2,1H3,(H,42,50)(H,43,48)(H,44,49)/t23-,28?,29-,30-,31-,32-/m0/s1. The van der Waals surface area contributed by atoms with Gasteiger partial charge < -0.3 is 40.1 Å². The normalized spacial score (nSPS) is 27.5. The monoisotopic (exact) mass is 786 g/mol. The maximum Gasteiger partial charge on any atom is 0.328 e. The van der Waals surface area contributed by atoms with E-state index < -0.39 is 95.9 Å². The zero-order valence-corrected chi connectivity index (χ0v) is 31.8. The van der Waals surface area contributed by atoms with Gasteiger partial charge in [-0.15, -0.1) is 0 Å². The van der Waals surface area contributed by atoms with Crippen LogP contribution in [-0.4, -0.2) is 132 Å². The third-order valence-electron chi connectivity index (χ3n) is 11.6. The summed E-state index contributed by atoms with van der Waals surface area (Å²) in [5.41, 5.74) is 0.0838. The molecule has 0 radical (unpaired) electrons. The van der Waals surface area contributed by atoms with Crippen LogP contribution in [0.5, 0.6) is 0 Å². The number of nitrogens with one attached hydrogen (secondary N) is 3. The average molecular weight is 787 g/mol. The lowest BCUT2D eigenvalue weighted by Gasteiger charge is -2.39. The van der Waals surface area contributed by atoms with E-state index in [1.165, 1.54) is 21.6 Å². The number of rotatable bonds is 8. The molecule has 5 fully saturated rings. The highest BCUT2D eigenvalue weighted by Crippen LogP contribution is 2.28. The number of amides is 6. The molecular weight excluding hydrogens is 734 g/mol. The molecule has 6 atom stereocenters. The first kappa shape index (κ1) is 41.0. The van der Waals surface area contributed by atoms with Gasteiger partial charge in [-0.3, -0.25) is 28.8 Å². The molecule has 3 N–H and O–H groups in total. The first-order chi connectivity index (χ1) is 26.9. The van der Waals surface area contributed by atoms with Crippen molar-refractivity contribution in [1.82, 2.24) is 30.7 Å². The molecule has 4 saturated heterocycles. The van der Waals surface area contributed by atoms with Crippen LogP contribution in [0, 0.1) is 17.6 Å². The van der Waals surface area contributed by atoms with Gasteiger partial charge in [0.15, 0.2) is 0 Å². The second-order valence-electron chi connectivity index (χ2n) is 15.6. The number of esters is 1. The summed E-state index contributed by atoms with van der Waals surface area (Å²) in [6.07, 6.45) is 7.18. The van der Waals surface area contributed by atoms with Crippen molar-refractivity contribution >= 4 is 41.4 Å². The Balaban J connectivity index is 1.27. The number of carbonyl (C=O) groups excluding carboxylic acids is 7. The Labute approximate surface area is 324 Å². The molecule has 1 saturated carbocycles. The van der Waals surface area contributed by atoms with Gasteiger partial charge in [-0.25, -0.2) is 13.6 Å². The minimum Gasteiger partial charge on any atom is -0.461 e. The molecule has 15 nitrogen and oxygen atoms in total. The van der Waals surface area contributed by atoms with Crippen molar-refractivity contribution in [2.24, 2.45) is 5.92 Å². The molecule has 1 aromatic carbocycles. The highest BCUT2D eigenvalue weighted by Gasteiger charge is 2.45. The molecule has 56 heavy (non-hydrogen) atoms. The third-order valence-corrected chi connectivity index (χ3v) is 11.6. The molecular formula is C39H52F2N6O9. The molecule has 5 aliphatic rings. The quantitative estimate of drug-likeness (QED) is 0.325. The topological polar surface area (TPSA) is 184 Å². The predicted octanol–water partition coefficient (Wildman–Crippen LogP) is 1.11. The fraction of sp³-hybridized carbons (Fsp3) is 0.667. The average Bonchev–Trinajstić information content (AvgIpc) is 3.88. The van der Waals surface area contributed by atoms with E-state index in [-0.39, 0.29) is 64.1 Å². The molecule has 0 aromatic heterocycles. The summed E-state index contributed by atoms with van der Waals surface area (Å²) in [7, 11) is 0. The zero-order valence-electron chi connectivity index (χ0n) is 31.8. The van der Waals surface area contributed by atoms with Gasteiger partial charge in [0.25, 0.3) is 0 Å². The summed E-state index contributed by atoms with van der Waals surface area (Å²) in [6.45, 7) is 1.26. The van der Waals surface area contributed by atoms with E-state index in [1.54, 1.807) is 0 Å². The summed E-state index contributed by atoms with van der Waals surface area (Å²) in [5, 5.41) is 7.99. The summed E-state index contributed by atoms with van der Waals surface area (Å²) >= 11 is 0. The van der Waals surface area contributed by atoms with Crippen LogP contribution < -0.4 is 16.0 Å². The molecule has 17 heteroatoms. The van der Waals surface area contributed by atoms with Crippen molar-refractivity contribution in [3.8, 4) is 0 Å². The van der Waals surface area contributed by atoms with E-state index in [1.807, 2.05) is 0 Å². The van der Waals surface area contributed by atoms with Crippen LogP contribution in [0.25, 0.3) is 0 Å². The van der Waals surface area contributed by atoms with Gasteiger partial charge in [-0.05, 0) is 62.6 Å². The fourth-order valence-electron chi connectivity index (χ4n) is 8.62. The van der Waals surface area contributed by atoms with Gasteiger partial charge in [0, 0.05) is 38.5 Å². The number of cyclic esters (lactones) is 1. The number of morpholine rings is 1. The summed E-state index contributed by atoms with van der Waals surface area (Å²) < 4.78 is 39.7. The van der Waals surface area contributed by atoms with Crippen molar-refractivity contribution in [3.63, 3.8) is 0 Å². The Morgan fingerprint density at radius 2 is 1.46 bits per heavy atom. The van der Waals surface area contributed by atoms with Crippen molar-refractivity contribution in [2.75, 3.05) is 39.5 Å². The fourth-order valence-corrected chi connectivity index (χ4v) is 8.62. The molecule has 1 unspecified atom stereocenters. The molecule has 6 amide bonds. The Hall–Kier alpha value is -4.67. The first-order valence-corrected chi connectivity index (χ1v) is 19.9. The van der Waals surface area contributed by atoms with E-state index in [2.05, 4.69) is 16.0 Å². The van der Waals surface area contributed by atoms with Crippen molar-refractivity contribution < 1.29 is 51.8 Å². The van der Waals surface area contributed by atoms with E-state index in [0.29, 0.717) is 31.2 Å². The lowest BCUT2D eigenvalue weighted by molar-refractivity contribution is -0.160. The maximum absolute atomic E-state index is 14.4. The van der Waals surface area contributed by atoms with Crippen LogP contribution in [0.15, 0.2) is 18.2 Å². The van der Waals surface area contributed by atoms with E-state index >= 15 is 0 Å². The Kier molecular flexibility index (Phi) is 13.5. The number of benzene rings is 1. The number of hydrogen-bond acceptors (Lipinski definition) is 9. The van der Waals surface area contributed by atoms with Crippen LogP contribution in [-0.2, 0) is 49.5 Å². The highest BCUT2D eigenvalue weighted by molar-refractivity contribution is 5.97. The number of nitrogens with zero attached hydrogens (tertiary/aromatic N) is 3. The predicted molar refractivity (Wildman–Crippen MR) is 194 cm³/mol. The molecule has 4 heterocycles. The first-order valence-electron chi connectivity index (χ1n) is 19.9. The molecule has 1 aliphatic carbocycles.